The molecule has 0 aliphatic rings. The number of aliphatic hydroxyl groups is 2. The maximum atomic E-state index is 12.3. The van der Waals surface area contributed by atoms with Gasteiger partial charge in [-0.05, 0) is 72.1 Å². The van der Waals surface area contributed by atoms with Crippen LogP contribution in [0.15, 0.2) is 34.9 Å². The van der Waals surface area contributed by atoms with E-state index in [1.165, 1.54) is 16.7 Å². The fourth-order valence-corrected chi connectivity index (χ4v) is 2.86. The van der Waals surface area contributed by atoms with Crippen LogP contribution in [0, 0.1) is 5.92 Å². The minimum absolute atomic E-state index is 0.0314. The molecule has 6 heteroatoms. The number of hydrogen-bond donors (Lipinski definition) is 2. The Kier molecular flexibility index (Phi) is 17.4. The number of amides is 1. The largest absolute Gasteiger partial charge is 0.394 e. The molecule has 0 heterocycles. The molecule has 1 unspecified atom stereocenters. The van der Waals surface area contributed by atoms with Crippen LogP contribution >= 0.6 is 0 Å². The molecule has 30 heavy (non-hydrogen) atoms. The van der Waals surface area contributed by atoms with Crippen LogP contribution < -0.4 is 0 Å². The van der Waals surface area contributed by atoms with Crippen molar-refractivity contribution >= 4 is 5.91 Å². The number of allylic oxidation sites excluding steroid dienone is 6. The van der Waals surface area contributed by atoms with E-state index in [0.29, 0.717) is 0 Å². The summed E-state index contributed by atoms with van der Waals surface area (Å²) in [5.41, 5.74) is 4.20. The van der Waals surface area contributed by atoms with Gasteiger partial charge in [0.15, 0.2) is 0 Å². The summed E-state index contributed by atoms with van der Waals surface area (Å²) in [7, 11) is 0. The Morgan fingerprint density at radius 2 is 1.37 bits per heavy atom. The highest BCUT2D eigenvalue weighted by Crippen LogP contribution is 2.16. The van der Waals surface area contributed by atoms with E-state index in [1.807, 2.05) is 6.92 Å². The zero-order valence-corrected chi connectivity index (χ0v) is 19.7. The number of rotatable bonds is 17. The molecule has 0 aliphatic heterocycles. The summed E-state index contributed by atoms with van der Waals surface area (Å²) in [6.45, 7) is 10.2. The predicted molar refractivity (Wildman–Crippen MR) is 121 cm³/mol. The van der Waals surface area contributed by atoms with E-state index >= 15 is 0 Å². The van der Waals surface area contributed by atoms with Gasteiger partial charge in [-0.3, -0.25) is 4.79 Å². The fraction of sp³-hybridized carbons (Fsp3) is 0.708. The van der Waals surface area contributed by atoms with Crippen LogP contribution in [0.4, 0.5) is 0 Å². The Morgan fingerprint density at radius 3 is 1.87 bits per heavy atom. The maximum absolute atomic E-state index is 12.3. The predicted octanol–water partition coefficient (Wildman–Crippen LogP) is 4.89. The highest BCUT2D eigenvalue weighted by atomic mass is 17.0. The normalized spacial score (nSPS) is 13.3. The van der Waals surface area contributed by atoms with Gasteiger partial charge in [-0.15, -0.1) is 0 Å². The summed E-state index contributed by atoms with van der Waals surface area (Å²) in [6, 6.07) is 0. The van der Waals surface area contributed by atoms with Crippen LogP contribution in [0.1, 0.15) is 79.6 Å². The molecule has 0 bridgehead atoms. The zero-order chi connectivity index (χ0) is 22.8. The van der Waals surface area contributed by atoms with Crippen molar-refractivity contribution in [3.63, 3.8) is 0 Å². The number of nitrogens with zero attached hydrogens (tertiary/aromatic N) is 1. The first-order valence-electron chi connectivity index (χ1n) is 11.0. The van der Waals surface area contributed by atoms with Crippen molar-refractivity contribution in [1.82, 2.24) is 5.23 Å². The third-order valence-electron chi connectivity index (χ3n) is 4.60. The van der Waals surface area contributed by atoms with Gasteiger partial charge >= 0.3 is 0 Å². The second kappa shape index (κ2) is 18.3. The van der Waals surface area contributed by atoms with E-state index in [1.54, 1.807) is 0 Å². The molecule has 0 aromatic rings. The summed E-state index contributed by atoms with van der Waals surface area (Å²) >= 11 is 0. The molecule has 2 N–H and O–H groups in total. The minimum atomic E-state index is -0.307. The summed E-state index contributed by atoms with van der Waals surface area (Å²) in [6.07, 6.45) is 13.4. The molecule has 0 spiro atoms. The molecule has 1 amide bonds. The summed E-state index contributed by atoms with van der Waals surface area (Å²) in [4.78, 5) is 22.4. The topological polar surface area (TPSA) is 79.2 Å². The first-order chi connectivity index (χ1) is 14.3. The van der Waals surface area contributed by atoms with Gasteiger partial charge in [0, 0.05) is 6.42 Å². The second-order valence-corrected chi connectivity index (χ2v) is 8.11. The lowest BCUT2D eigenvalue weighted by Gasteiger charge is -2.21. The van der Waals surface area contributed by atoms with Crippen LogP contribution in [0.5, 0.6) is 0 Å². The molecule has 0 aromatic heterocycles. The van der Waals surface area contributed by atoms with Crippen molar-refractivity contribution < 1.29 is 24.7 Å². The van der Waals surface area contributed by atoms with Crippen LogP contribution in [0.3, 0.4) is 0 Å². The molecule has 0 radical (unpaired) electrons. The maximum Gasteiger partial charge on any atom is 0.273 e. The summed E-state index contributed by atoms with van der Waals surface area (Å²) in [5, 5.41) is 18.5. The number of hydrogen-bond acceptors (Lipinski definition) is 5. The second-order valence-electron chi connectivity index (χ2n) is 8.11. The number of carbonyl (C=O) groups is 1. The highest BCUT2D eigenvalue weighted by Gasteiger charge is 2.18. The molecule has 174 valence electrons. The SMILES string of the molecule is CC(C)=CCCC(C)=CCCC(C)=CCCC(C)CC(=O)N(OCCO)OCCO. The van der Waals surface area contributed by atoms with E-state index in [-0.39, 0.29) is 44.7 Å². The van der Waals surface area contributed by atoms with Gasteiger partial charge in [0.05, 0.1) is 13.2 Å². The Hall–Kier alpha value is -1.47. The highest BCUT2D eigenvalue weighted by molar-refractivity contribution is 5.74. The number of hydroxylamine groups is 2. The Balaban J connectivity index is 4.23. The molecule has 0 saturated heterocycles. The summed E-state index contributed by atoms with van der Waals surface area (Å²) < 4.78 is 0. The van der Waals surface area contributed by atoms with Crippen molar-refractivity contribution in [1.29, 1.82) is 0 Å². The Morgan fingerprint density at radius 1 is 0.867 bits per heavy atom. The molecule has 6 nitrogen and oxygen atoms in total. The molecule has 0 saturated carbocycles. The number of carbonyl (C=O) groups excluding carboxylic acids is 1. The average Bonchev–Trinajstić information content (AvgIpc) is 2.67. The van der Waals surface area contributed by atoms with Gasteiger partial charge in [0.25, 0.3) is 5.91 Å². The number of aliphatic hydroxyl groups excluding tert-OH is 2. The lowest BCUT2D eigenvalue weighted by Crippen LogP contribution is -2.34. The van der Waals surface area contributed by atoms with Crippen molar-refractivity contribution in [2.24, 2.45) is 5.92 Å². The van der Waals surface area contributed by atoms with E-state index in [0.717, 1.165) is 43.8 Å². The van der Waals surface area contributed by atoms with Gasteiger partial charge in [-0.25, -0.2) is 9.68 Å². The quantitative estimate of drug-likeness (QED) is 0.256. The molecule has 1 atom stereocenters. The lowest BCUT2D eigenvalue weighted by atomic mass is 9.99. The molecule has 0 rings (SSSR count). The Bertz CT molecular complexity index is 542. The smallest absolute Gasteiger partial charge is 0.273 e. The van der Waals surface area contributed by atoms with Gasteiger partial charge in [0.1, 0.15) is 13.2 Å². The third-order valence-corrected chi connectivity index (χ3v) is 4.60. The van der Waals surface area contributed by atoms with Gasteiger partial charge in [-0.1, -0.05) is 47.1 Å². The van der Waals surface area contributed by atoms with Crippen molar-refractivity contribution in [2.75, 3.05) is 26.4 Å². The van der Waals surface area contributed by atoms with Crippen molar-refractivity contribution in [2.45, 2.75) is 79.6 Å². The van der Waals surface area contributed by atoms with Crippen LogP contribution in [-0.2, 0) is 14.5 Å². The van der Waals surface area contributed by atoms with E-state index in [2.05, 4.69) is 45.9 Å². The van der Waals surface area contributed by atoms with Crippen molar-refractivity contribution in [3.05, 3.63) is 34.9 Å². The fourth-order valence-electron chi connectivity index (χ4n) is 2.86. The summed E-state index contributed by atoms with van der Waals surface area (Å²) in [5.74, 6) is -0.129. The van der Waals surface area contributed by atoms with E-state index in [4.69, 9.17) is 19.9 Å². The molecule has 0 aliphatic carbocycles. The molecular weight excluding hydrogens is 382 g/mol. The monoisotopic (exact) mass is 425 g/mol. The minimum Gasteiger partial charge on any atom is -0.394 e. The third kappa shape index (κ3) is 16.3. The lowest BCUT2D eigenvalue weighted by molar-refractivity contribution is -0.345. The van der Waals surface area contributed by atoms with Gasteiger partial charge in [-0.2, -0.15) is 0 Å². The van der Waals surface area contributed by atoms with Crippen LogP contribution in [-0.4, -0.2) is 47.8 Å². The van der Waals surface area contributed by atoms with Crippen LogP contribution in [0.2, 0.25) is 0 Å². The van der Waals surface area contributed by atoms with Gasteiger partial charge in [0.2, 0.25) is 0 Å². The standard InChI is InChI=1S/C24H43NO5/c1-20(2)9-6-10-21(3)11-7-12-22(4)13-8-14-23(5)19-24(28)25(29-17-15-26)30-18-16-27/h9,11,13,23,26-27H,6-8,10,12,14-19H2,1-5H3. The molecule has 0 fully saturated rings. The van der Waals surface area contributed by atoms with E-state index in [9.17, 15) is 4.79 Å². The molecule has 0 aromatic carbocycles. The van der Waals surface area contributed by atoms with Gasteiger partial charge < -0.3 is 10.2 Å². The first kappa shape index (κ1) is 28.5. The molecular formula is C24H43NO5. The zero-order valence-electron chi connectivity index (χ0n) is 19.7. The van der Waals surface area contributed by atoms with Crippen molar-refractivity contribution in [3.8, 4) is 0 Å². The first-order valence-corrected chi connectivity index (χ1v) is 11.0. The van der Waals surface area contributed by atoms with E-state index < -0.39 is 0 Å². The Labute approximate surface area is 183 Å². The van der Waals surface area contributed by atoms with Crippen LogP contribution in [0.25, 0.3) is 0 Å². The average molecular weight is 426 g/mol.